The number of rotatable bonds is 8. The largest absolute Gasteiger partial charge is 0.445 e. The number of ether oxygens (including phenoxy) is 1. The highest BCUT2D eigenvalue weighted by Gasteiger charge is 2.46. The van der Waals surface area contributed by atoms with Crippen molar-refractivity contribution >= 4 is 18.3 Å². The van der Waals surface area contributed by atoms with Gasteiger partial charge >= 0.3 is 12.0 Å². The Morgan fingerprint density at radius 3 is 2.33 bits per heavy atom. The molecule has 0 spiro atoms. The van der Waals surface area contributed by atoms with Gasteiger partial charge in [0.05, 0.1) is 0 Å². The first kappa shape index (κ1) is 21.7. The molecular weight excluding hydrogens is 380 g/mol. The van der Waals surface area contributed by atoms with Crippen molar-refractivity contribution in [1.82, 2.24) is 9.80 Å². The van der Waals surface area contributed by atoms with Gasteiger partial charge in [-0.3, -0.25) is 9.69 Å². The van der Waals surface area contributed by atoms with Crippen molar-refractivity contribution in [1.29, 1.82) is 0 Å². The summed E-state index contributed by atoms with van der Waals surface area (Å²) >= 11 is 0. The molecule has 2 amide bonds. The molecule has 6 nitrogen and oxygen atoms in total. The van der Waals surface area contributed by atoms with Gasteiger partial charge in [-0.15, -0.1) is 0 Å². The summed E-state index contributed by atoms with van der Waals surface area (Å²) in [6.07, 6.45) is 2.12. The van der Waals surface area contributed by atoms with E-state index in [1.807, 2.05) is 67.6 Å². The smallest absolute Gasteiger partial charge is 0.410 e. The molecule has 1 fully saturated rings. The molecule has 1 heterocycles. The first-order chi connectivity index (χ1) is 14.6. The topological polar surface area (TPSA) is 69.6 Å². The van der Waals surface area contributed by atoms with Crippen molar-refractivity contribution in [3.05, 3.63) is 71.8 Å². The van der Waals surface area contributed by atoms with Gasteiger partial charge in [0.2, 0.25) is 0 Å². The third-order valence-corrected chi connectivity index (χ3v) is 5.45. The Bertz CT molecular complexity index is 841. The lowest BCUT2D eigenvalue weighted by atomic mass is 10.0. The Labute approximate surface area is 177 Å². The Morgan fingerprint density at radius 1 is 1.10 bits per heavy atom. The maximum atomic E-state index is 13.4. The second kappa shape index (κ2) is 10.7. The summed E-state index contributed by atoms with van der Waals surface area (Å²) in [5, 5.41) is 0. The molecule has 0 aliphatic carbocycles. The third-order valence-electron chi connectivity index (χ3n) is 5.45. The summed E-state index contributed by atoms with van der Waals surface area (Å²) < 4.78 is 5.51. The molecule has 3 rings (SSSR count). The third kappa shape index (κ3) is 5.33. The maximum Gasteiger partial charge on any atom is 0.410 e. The Morgan fingerprint density at radius 2 is 1.73 bits per heavy atom. The van der Waals surface area contributed by atoms with Crippen molar-refractivity contribution in [2.75, 3.05) is 13.1 Å². The minimum atomic E-state index is -0.721. The molecule has 2 aromatic rings. The first-order valence-corrected chi connectivity index (χ1v) is 10.4. The lowest BCUT2D eigenvalue weighted by molar-refractivity contribution is -0.133. The van der Waals surface area contributed by atoms with E-state index in [-0.39, 0.29) is 12.5 Å². The van der Waals surface area contributed by atoms with Gasteiger partial charge in [0, 0.05) is 25.8 Å². The van der Waals surface area contributed by atoms with E-state index < -0.39 is 18.2 Å². The van der Waals surface area contributed by atoms with Crippen LogP contribution in [-0.4, -0.2) is 48.4 Å². The van der Waals surface area contributed by atoms with E-state index in [1.54, 1.807) is 4.90 Å². The van der Waals surface area contributed by atoms with E-state index in [4.69, 9.17) is 4.74 Å². The van der Waals surface area contributed by atoms with Crippen LogP contribution in [-0.2, 0) is 27.4 Å². The molecule has 0 bridgehead atoms. The highest BCUT2D eigenvalue weighted by molar-refractivity contribution is 5.90. The van der Waals surface area contributed by atoms with Crippen LogP contribution in [0.2, 0.25) is 0 Å². The highest BCUT2D eigenvalue weighted by Crippen LogP contribution is 2.19. The molecule has 6 heteroatoms. The van der Waals surface area contributed by atoms with Crippen molar-refractivity contribution in [2.45, 2.75) is 44.9 Å². The van der Waals surface area contributed by atoms with Gasteiger partial charge in [-0.25, -0.2) is 9.59 Å². The second-order valence-corrected chi connectivity index (χ2v) is 7.41. The van der Waals surface area contributed by atoms with E-state index in [0.717, 1.165) is 23.8 Å². The van der Waals surface area contributed by atoms with Crippen molar-refractivity contribution in [3.63, 3.8) is 0 Å². The zero-order valence-electron chi connectivity index (χ0n) is 17.3. The van der Waals surface area contributed by atoms with Gasteiger partial charge in [0.25, 0.3) is 0 Å². The van der Waals surface area contributed by atoms with Crippen LogP contribution in [0.15, 0.2) is 60.7 Å². The lowest BCUT2D eigenvalue weighted by Crippen LogP contribution is -2.56. The predicted molar refractivity (Wildman–Crippen MR) is 114 cm³/mol. The van der Waals surface area contributed by atoms with Gasteiger partial charge in [-0.05, 0) is 18.1 Å². The second-order valence-electron chi connectivity index (χ2n) is 7.41. The zero-order valence-corrected chi connectivity index (χ0v) is 17.3. The number of aldehydes is 1. The number of nitrogens with zero attached hydrogens (tertiary/aromatic N) is 2. The number of carbonyl (C=O) groups excluding carboxylic acids is 3. The molecule has 1 aliphatic heterocycles. The molecule has 2 aromatic carbocycles. The van der Waals surface area contributed by atoms with E-state index in [2.05, 4.69) is 0 Å². The van der Waals surface area contributed by atoms with Crippen LogP contribution in [0.5, 0.6) is 0 Å². The Balaban J connectivity index is 1.79. The Kier molecular flexibility index (Phi) is 7.74. The fourth-order valence-electron chi connectivity index (χ4n) is 3.85. The average molecular weight is 408 g/mol. The monoisotopic (exact) mass is 408 g/mol. The van der Waals surface area contributed by atoms with Crippen molar-refractivity contribution < 1.29 is 19.1 Å². The van der Waals surface area contributed by atoms with E-state index in [1.165, 1.54) is 4.90 Å². The fraction of sp³-hybridized carbons (Fsp3) is 0.375. The molecule has 30 heavy (non-hydrogen) atoms. The van der Waals surface area contributed by atoms with Gasteiger partial charge in [0.1, 0.15) is 13.2 Å². The lowest BCUT2D eigenvalue weighted by Gasteiger charge is -2.28. The molecule has 1 saturated heterocycles. The van der Waals surface area contributed by atoms with Crippen LogP contribution in [0.1, 0.15) is 30.9 Å². The van der Waals surface area contributed by atoms with E-state index in [9.17, 15) is 14.4 Å². The van der Waals surface area contributed by atoms with Crippen LogP contribution in [0.4, 0.5) is 4.79 Å². The molecule has 0 saturated carbocycles. The molecule has 2 atom stereocenters. The number of amides is 2. The standard InChI is InChI=1S/C24H28N2O4/c1-2-25(24(29)30-18-20-12-7-4-8-13-20)22(16-19-10-5-3-6-11-19)23(28)26-15-9-14-21(26)17-27/h3-8,10-13,17,21-22H,2,9,14-16,18H2,1H3/q+1/t21-,22+/m0/s1. The predicted octanol–water partition coefficient (Wildman–Crippen LogP) is 3.28. The maximum absolute atomic E-state index is 13.4. The van der Waals surface area contributed by atoms with Gasteiger partial charge in [-0.1, -0.05) is 65.6 Å². The van der Waals surface area contributed by atoms with Crippen LogP contribution in [0, 0.1) is 0 Å². The fourth-order valence-corrected chi connectivity index (χ4v) is 3.85. The van der Waals surface area contributed by atoms with Gasteiger partial charge in [-0.2, -0.15) is 0 Å². The quantitative estimate of drug-likeness (QED) is 0.497. The molecule has 0 N–H and O–H groups in total. The van der Waals surface area contributed by atoms with Crippen LogP contribution in [0.25, 0.3) is 0 Å². The van der Waals surface area contributed by atoms with Gasteiger partial charge < -0.3 is 4.74 Å². The average Bonchev–Trinajstić information content (AvgIpc) is 3.27. The highest BCUT2D eigenvalue weighted by atomic mass is 16.6. The van der Waals surface area contributed by atoms with E-state index >= 15 is 0 Å². The molecule has 1 aliphatic rings. The number of hydrogen-bond donors (Lipinski definition) is 0. The normalized spacial score (nSPS) is 17.3. The summed E-state index contributed by atoms with van der Waals surface area (Å²) in [6, 6.07) is 17.9. The van der Waals surface area contributed by atoms with Gasteiger partial charge in [0.15, 0.2) is 18.4 Å². The summed E-state index contributed by atoms with van der Waals surface area (Å²) in [5.41, 5.74) is 1.83. The number of benzene rings is 2. The molecule has 0 unspecified atom stereocenters. The molecular formula is C24H28N2O4+. The molecule has 1 radical (unpaired) electrons. The summed E-state index contributed by atoms with van der Waals surface area (Å²) in [7, 11) is 0. The number of carbonyl (C=O) groups is 3. The molecule has 157 valence electrons. The summed E-state index contributed by atoms with van der Waals surface area (Å²) in [5.74, 6) is -0.202. The zero-order chi connectivity index (χ0) is 21.3. The van der Waals surface area contributed by atoms with Crippen molar-refractivity contribution in [2.24, 2.45) is 0 Å². The first-order valence-electron chi connectivity index (χ1n) is 10.4. The Hall–Kier alpha value is -2.99. The van der Waals surface area contributed by atoms with Crippen LogP contribution < -0.4 is 4.90 Å². The number of likely N-dealkylation sites (tertiary alicyclic amines) is 1. The summed E-state index contributed by atoms with van der Waals surface area (Å²) in [6.45, 7) is 2.83. The minimum absolute atomic E-state index is 0.142. The van der Waals surface area contributed by atoms with Crippen molar-refractivity contribution in [3.8, 4) is 0 Å². The van der Waals surface area contributed by atoms with Crippen LogP contribution >= 0.6 is 0 Å². The number of hydrogen-bond acceptors (Lipinski definition) is 4. The van der Waals surface area contributed by atoms with E-state index in [0.29, 0.717) is 25.9 Å². The molecule has 0 aromatic heterocycles. The summed E-state index contributed by atoms with van der Waals surface area (Å²) in [4.78, 5) is 40.8. The SMILES string of the molecule is CCN(C(=O)OCc1ccccc1)[C@H](Cc1ccccc1)C(=O)[N+]1CCC[C@H]1C=O. The van der Waals surface area contributed by atoms with Crippen LogP contribution in [0.3, 0.4) is 0 Å². The minimum Gasteiger partial charge on any atom is -0.445 e. The number of likely N-dealkylation sites (N-methyl/N-ethyl adjacent to an activating group) is 1.